The van der Waals surface area contributed by atoms with Crippen molar-refractivity contribution in [2.24, 2.45) is 5.92 Å². The maximum absolute atomic E-state index is 11.9. The number of carbonyl (C=O) groups excluding carboxylic acids is 1. The molecule has 0 bridgehead atoms. The second kappa shape index (κ2) is 6.94. The molecular formula is C17H26N2O2. The van der Waals surface area contributed by atoms with Gasteiger partial charge in [-0.15, -0.1) is 0 Å². The number of amides is 2. The highest BCUT2D eigenvalue weighted by Crippen LogP contribution is 2.32. The molecule has 0 saturated heterocycles. The predicted octanol–water partition coefficient (Wildman–Crippen LogP) is 2.26. The third-order valence-corrected chi connectivity index (χ3v) is 3.95. The first-order chi connectivity index (χ1) is 9.95. The maximum atomic E-state index is 11.9. The van der Waals surface area contributed by atoms with Gasteiger partial charge in [-0.25, -0.2) is 4.79 Å². The normalized spacial score (nSPS) is 15.6. The lowest BCUT2D eigenvalue weighted by Crippen LogP contribution is -2.42. The second-order valence-corrected chi connectivity index (χ2v) is 6.26. The number of aryl methyl sites for hydroxylation is 2. The van der Waals surface area contributed by atoms with Crippen LogP contribution in [0.5, 0.6) is 0 Å². The van der Waals surface area contributed by atoms with Gasteiger partial charge in [0.1, 0.15) is 0 Å². The van der Waals surface area contributed by atoms with Gasteiger partial charge in [-0.1, -0.05) is 29.3 Å². The van der Waals surface area contributed by atoms with Crippen LogP contribution >= 0.6 is 0 Å². The Balaban J connectivity index is 1.72. The van der Waals surface area contributed by atoms with Gasteiger partial charge in [0, 0.05) is 20.1 Å². The van der Waals surface area contributed by atoms with E-state index in [1.807, 2.05) is 0 Å². The Morgan fingerprint density at radius 1 is 1.33 bits per heavy atom. The Bertz CT molecular complexity index is 477. The van der Waals surface area contributed by atoms with E-state index in [4.69, 9.17) is 0 Å². The topological polar surface area (TPSA) is 52.6 Å². The highest BCUT2D eigenvalue weighted by molar-refractivity contribution is 5.73. The zero-order valence-electron chi connectivity index (χ0n) is 13.2. The number of nitrogens with zero attached hydrogens (tertiary/aromatic N) is 1. The number of nitrogens with one attached hydrogen (secondary N) is 1. The summed E-state index contributed by atoms with van der Waals surface area (Å²) < 4.78 is 0. The van der Waals surface area contributed by atoms with Crippen LogP contribution in [0.3, 0.4) is 0 Å². The summed E-state index contributed by atoms with van der Waals surface area (Å²) in [5.41, 5.74) is 3.75. The van der Waals surface area contributed by atoms with Crippen molar-refractivity contribution in [2.75, 3.05) is 20.1 Å². The molecule has 1 atom stereocenters. The largest absolute Gasteiger partial charge is 0.391 e. The Labute approximate surface area is 127 Å². The first-order valence-corrected chi connectivity index (χ1v) is 7.70. The van der Waals surface area contributed by atoms with E-state index in [2.05, 4.69) is 37.4 Å². The van der Waals surface area contributed by atoms with Crippen molar-refractivity contribution in [1.82, 2.24) is 10.2 Å². The molecule has 0 aliphatic heterocycles. The van der Waals surface area contributed by atoms with Gasteiger partial charge in [0.15, 0.2) is 0 Å². The molecule has 1 saturated carbocycles. The standard InChI is InChI=1S/C17H26N2O2/c1-12-8-13(2)10-14(9-12)6-7-18-17(21)19(3)11-16(20)15-4-5-15/h8-10,15-16,20H,4-7,11H2,1-3H3,(H,18,21). The number of urea groups is 1. The van der Waals surface area contributed by atoms with Crippen molar-refractivity contribution in [2.45, 2.75) is 39.2 Å². The summed E-state index contributed by atoms with van der Waals surface area (Å²) in [7, 11) is 1.73. The molecule has 2 N–H and O–H groups in total. The van der Waals surface area contributed by atoms with Crippen LogP contribution in [-0.2, 0) is 6.42 Å². The number of hydrogen-bond donors (Lipinski definition) is 2. The lowest BCUT2D eigenvalue weighted by molar-refractivity contribution is 0.113. The average Bonchev–Trinajstić information content (AvgIpc) is 3.21. The fourth-order valence-electron chi connectivity index (χ4n) is 2.66. The third-order valence-electron chi connectivity index (χ3n) is 3.95. The van der Waals surface area contributed by atoms with Crippen molar-refractivity contribution < 1.29 is 9.90 Å². The first-order valence-electron chi connectivity index (χ1n) is 7.70. The van der Waals surface area contributed by atoms with Crippen LogP contribution in [0.2, 0.25) is 0 Å². The van der Waals surface area contributed by atoms with Crippen LogP contribution in [-0.4, -0.2) is 42.3 Å². The SMILES string of the molecule is Cc1cc(C)cc(CCNC(=O)N(C)CC(O)C2CC2)c1. The lowest BCUT2D eigenvalue weighted by Gasteiger charge is -2.21. The molecule has 1 aliphatic carbocycles. The van der Waals surface area contributed by atoms with Gasteiger partial charge in [0.05, 0.1) is 6.10 Å². The van der Waals surface area contributed by atoms with Crippen molar-refractivity contribution in [3.05, 3.63) is 34.9 Å². The average molecular weight is 290 g/mol. The van der Waals surface area contributed by atoms with Crippen LogP contribution in [0, 0.1) is 19.8 Å². The summed E-state index contributed by atoms with van der Waals surface area (Å²) in [5, 5.41) is 12.8. The van der Waals surface area contributed by atoms with Gasteiger partial charge in [0.2, 0.25) is 0 Å². The van der Waals surface area contributed by atoms with E-state index in [1.165, 1.54) is 16.7 Å². The first kappa shape index (κ1) is 15.8. The van der Waals surface area contributed by atoms with Gasteiger partial charge in [-0.2, -0.15) is 0 Å². The van der Waals surface area contributed by atoms with E-state index in [9.17, 15) is 9.90 Å². The zero-order valence-corrected chi connectivity index (χ0v) is 13.2. The van der Waals surface area contributed by atoms with Gasteiger partial charge >= 0.3 is 6.03 Å². The lowest BCUT2D eigenvalue weighted by atomic mass is 10.1. The Kier molecular flexibility index (Phi) is 5.23. The molecule has 21 heavy (non-hydrogen) atoms. The van der Waals surface area contributed by atoms with E-state index in [-0.39, 0.29) is 12.1 Å². The molecule has 4 nitrogen and oxygen atoms in total. The highest BCUT2D eigenvalue weighted by Gasteiger charge is 2.31. The maximum Gasteiger partial charge on any atom is 0.317 e. The minimum Gasteiger partial charge on any atom is -0.391 e. The van der Waals surface area contributed by atoms with Crippen molar-refractivity contribution in [3.8, 4) is 0 Å². The molecule has 2 rings (SSSR count). The minimum absolute atomic E-state index is 0.112. The summed E-state index contributed by atoms with van der Waals surface area (Å²) in [6, 6.07) is 6.34. The Morgan fingerprint density at radius 2 is 1.95 bits per heavy atom. The van der Waals surface area contributed by atoms with E-state index < -0.39 is 0 Å². The van der Waals surface area contributed by atoms with E-state index in [0.29, 0.717) is 19.0 Å². The van der Waals surface area contributed by atoms with Gasteiger partial charge in [0.25, 0.3) is 0 Å². The summed E-state index contributed by atoms with van der Waals surface area (Å²) in [4.78, 5) is 13.5. The number of benzene rings is 1. The van der Waals surface area contributed by atoms with Crippen molar-refractivity contribution >= 4 is 6.03 Å². The van der Waals surface area contributed by atoms with E-state index >= 15 is 0 Å². The van der Waals surface area contributed by atoms with Crippen LogP contribution in [0.1, 0.15) is 29.5 Å². The van der Waals surface area contributed by atoms with Gasteiger partial charge in [-0.05, 0) is 44.6 Å². The number of hydrogen-bond acceptors (Lipinski definition) is 2. The summed E-state index contributed by atoms with van der Waals surface area (Å²) in [6.45, 7) is 5.20. The molecule has 0 heterocycles. The molecule has 116 valence electrons. The molecule has 1 aliphatic rings. The van der Waals surface area contributed by atoms with Gasteiger partial charge < -0.3 is 15.3 Å². The number of aliphatic hydroxyl groups excluding tert-OH is 1. The van der Waals surface area contributed by atoms with E-state index in [0.717, 1.165) is 19.3 Å². The fourth-order valence-corrected chi connectivity index (χ4v) is 2.66. The summed E-state index contributed by atoms with van der Waals surface area (Å²) >= 11 is 0. The smallest absolute Gasteiger partial charge is 0.317 e. The molecule has 2 amide bonds. The number of carbonyl (C=O) groups is 1. The van der Waals surface area contributed by atoms with Gasteiger partial charge in [-0.3, -0.25) is 0 Å². The van der Waals surface area contributed by atoms with Crippen LogP contribution in [0.15, 0.2) is 18.2 Å². The van der Waals surface area contributed by atoms with E-state index in [1.54, 1.807) is 11.9 Å². The summed E-state index contributed by atoms with van der Waals surface area (Å²) in [5.74, 6) is 0.399. The molecule has 0 radical (unpaired) electrons. The summed E-state index contributed by atoms with van der Waals surface area (Å²) in [6.07, 6.45) is 2.63. The molecule has 1 aromatic rings. The van der Waals surface area contributed by atoms with Crippen molar-refractivity contribution in [3.63, 3.8) is 0 Å². The second-order valence-electron chi connectivity index (χ2n) is 6.26. The molecular weight excluding hydrogens is 264 g/mol. The molecule has 1 unspecified atom stereocenters. The van der Waals surface area contributed by atoms with Crippen molar-refractivity contribution in [1.29, 1.82) is 0 Å². The molecule has 0 spiro atoms. The zero-order chi connectivity index (χ0) is 15.4. The molecule has 0 aromatic heterocycles. The minimum atomic E-state index is -0.375. The molecule has 4 heteroatoms. The van der Waals surface area contributed by atoms with Crippen LogP contribution in [0.4, 0.5) is 4.79 Å². The third kappa shape index (κ3) is 5.05. The fraction of sp³-hybridized carbons (Fsp3) is 0.588. The molecule has 1 fully saturated rings. The predicted molar refractivity (Wildman–Crippen MR) is 84.4 cm³/mol. The monoisotopic (exact) mass is 290 g/mol. The quantitative estimate of drug-likeness (QED) is 0.844. The molecule has 1 aromatic carbocycles. The van der Waals surface area contributed by atoms with Crippen LogP contribution < -0.4 is 5.32 Å². The number of aliphatic hydroxyl groups is 1. The number of rotatable bonds is 6. The Hall–Kier alpha value is -1.55. The van der Waals surface area contributed by atoms with Crippen LogP contribution in [0.25, 0.3) is 0 Å². The Morgan fingerprint density at radius 3 is 2.52 bits per heavy atom. The highest BCUT2D eigenvalue weighted by atomic mass is 16.3. The number of likely N-dealkylation sites (N-methyl/N-ethyl adjacent to an activating group) is 1.